The topological polar surface area (TPSA) is 158 Å². The van der Waals surface area contributed by atoms with Crippen LogP contribution in [-0.4, -0.2) is 45.6 Å². The molecular formula is C15H17N3O7S. The average molecular weight is 383 g/mol. The van der Waals surface area contributed by atoms with Gasteiger partial charge in [-0.05, 0) is 12.1 Å². The van der Waals surface area contributed by atoms with Gasteiger partial charge in [0.15, 0.2) is 5.78 Å². The number of ketones is 1. The highest BCUT2D eigenvalue weighted by molar-refractivity contribution is 7.87. The van der Waals surface area contributed by atoms with E-state index in [-0.39, 0.29) is 29.9 Å². The number of nitrogens with two attached hydrogens (primary N) is 1. The Morgan fingerprint density at radius 2 is 2.12 bits per heavy atom. The van der Waals surface area contributed by atoms with Gasteiger partial charge in [0, 0.05) is 17.6 Å². The van der Waals surface area contributed by atoms with Crippen LogP contribution in [0.4, 0.5) is 0 Å². The lowest BCUT2D eigenvalue weighted by Crippen LogP contribution is -2.34. The van der Waals surface area contributed by atoms with E-state index in [0.717, 1.165) is 0 Å². The molecule has 0 unspecified atom stereocenters. The number of guanidine groups is 1. The molecule has 0 aliphatic carbocycles. The summed E-state index contributed by atoms with van der Waals surface area (Å²) in [6.07, 6.45) is 1.61. The van der Waals surface area contributed by atoms with Crippen molar-refractivity contribution in [1.29, 1.82) is 5.41 Å². The molecule has 0 amide bonds. The lowest BCUT2D eigenvalue weighted by molar-refractivity contribution is -0.113. The normalized spacial score (nSPS) is 13.5. The summed E-state index contributed by atoms with van der Waals surface area (Å²) in [5.41, 5.74) is 7.46. The van der Waals surface area contributed by atoms with Crippen LogP contribution in [0, 0.1) is 5.41 Å². The zero-order valence-corrected chi connectivity index (χ0v) is 14.6. The van der Waals surface area contributed by atoms with Crippen molar-refractivity contribution in [1.82, 2.24) is 5.48 Å². The summed E-state index contributed by atoms with van der Waals surface area (Å²) in [4.78, 5) is 24.1. The van der Waals surface area contributed by atoms with Gasteiger partial charge in [-0.3, -0.25) is 10.2 Å². The molecule has 26 heavy (non-hydrogen) atoms. The number of carbonyl (C=O) groups is 2. The molecule has 2 rings (SSSR count). The van der Waals surface area contributed by atoms with Crippen LogP contribution >= 0.6 is 0 Å². The van der Waals surface area contributed by atoms with Crippen molar-refractivity contribution in [3.8, 4) is 5.75 Å². The molecule has 0 saturated carbocycles. The third-order valence-corrected chi connectivity index (χ3v) is 4.30. The average Bonchev–Trinajstić information content (AvgIpc) is 2.81. The fraction of sp³-hybridized carbons (Fsp3) is 0.267. The number of rotatable bonds is 6. The van der Waals surface area contributed by atoms with E-state index in [1.165, 1.54) is 19.3 Å². The van der Waals surface area contributed by atoms with Gasteiger partial charge in [-0.25, -0.2) is 10.3 Å². The van der Waals surface area contributed by atoms with Crippen molar-refractivity contribution in [3.05, 3.63) is 34.9 Å². The summed E-state index contributed by atoms with van der Waals surface area (Å²) in [6.45, 7) is 0.0746. The molecule has 0 fully saturated rings. The van der Waals surface area contributed by atoms with E-state index >= 15 is 0 Å². The number of esters is 1. The first-order valence-electron chi connectivity index (χ1n) is 7.32. The predicted octanol–water partition coefficient (Wildman–Crippen LogP) is -0.0473. The van der Waals surface area contributed by atoms with E-state index in [9.17, 15) is 18.0 Å². The molecule has 0 bridgehead atoms. The van der Waals surface area contributed by atoms with E-state index in [2.05, 4.69) is 4.28 Å². The van der Waals surface area contributed by atoms with Gasteiger partial charge in [0.05, 0.1) is 13.7 Å². The van der Waals surface area contributed by atoms with Gasteiger partial charge in [0.25, 0.3) is 10.1 Å². The maximum Gasteiger partial charge on any atom is 0.341 e. The molecule has 10 nitrogen and oxygen atoms in total. The second kappa shape index (κ2) is 7.97. The quantitative estimate of drug-likeness (QED) is 0.265. The molecule has 1 heterocycles. The summed E-state index contributed by atoms with van der Waals surface area (Å²) in [6, 6.07) is 4.74. The molecule has 11 heteroatoms. The second-order valence-corrected chi connectivity index (χ2v) is 6.78. The fourth-order valence-corrected chi connectivity index (χ4v) is 3.02. The minimum Gasteiger partial charge on any atom is -0.492 e. The number of hydrogen-bond acceptors (Lipinski definition) is 8. The van der Waals surface area contributed by atoms with E-state index in [4.69, 9.17) is 20.6 Å². The first-order valence-corrected chi connectivity index (χ1v) is 8.90. The van der Waals surface area contributed by atoms with Gasteiger partial charge < -0.3 is 15.2 Å². The molecule has 0 saturated heterocycles. The number of carbonyl (C=O) groups excluding carboxylic acids is 2. The maximum atomic E-state index is 12.3. The van der Waals surface area contributed by atoms with E-state index < -0.39 is 33.6 Å². The molecule has 0 atom stereocenters. The molecule has 4 N–H and O–H groups in total. The fourth-order valence-electron chi connectivity index (χ4n) is 2.23. The molecule has 1 aliphatic heterocycles. The summed E-state index contributed by atoms with van der Waals surface area (Å²) < 4.78 is 37.9. The van der Waals surface area contributed by atoms with Gasteiger partial charge in [-0.1, -0.05) is 12.1 Å². The number of hydroxylamine groups is 1. The third-order valence-electron chi connectivity index (χ3n) is 3.34. The van der Waals surface area contributed by atoms with E-state index in [1.54, 1.807) is 17.6 Å². The Morgan fingerprint density at radius 1 is 1.38 bits per heavy atom. The van der Waals surface area contributed by atoms with Crippen LogP contribution in [0.15, 0.2) is 23.8 Å². The first-order chi connectivity index (χ1) is 12.2. The number of methoxy groups -OCH3 is 1. The number of para-hydroxylation sites is 1. The van der Waals surface area contributed by atoms with E-state index in [1.807, 2.05) is 0 Å². The van der Waals surface area contributed by atoms with Crippen molar-refractivity contribution in [2.24, 2.45) is 5.73 Å². The van der Waals surface area contributed by atoms with Crippen molar-refractivity contribution in [2.45, 2.75) is 6.42 Å². The number of Topliss-reactive ketones (excluding diaryl/α,β-unsaturated/α-hetero) is 1. The zero-order chi connectivity index (χ0) is 19.3. The predicted molar refractivity (Wildman–Crippen MR) is 90.8 cm³/mol. The largest absolute Gasteiger partial charge is 0.492 e. The lowest BCUT2D eigenvalue weighted by Gasteiger charge is -2.10. The Balaban J connectivity index is 2.26. The zero-order valence-electron chi connectivity index (χ0n) is 13.8. The smallest absolute Gasteiger partial charge is 0.341 e. The summed E-state index contributed by atoms with van der Waals surface area (Å²) in [5, 5.41) is 6.86. The standard InChI is InChI=1S/C15H17N3O7S/c1-23-14(20)11-4-2-3-10-7-9(5-6-24-13(10)11)12(19)8-26(21,22)25-18-15(16)17/h2-4,7H,5-6,8H2,1H3,(H4,16,17,18). The second-order valence-electron chi connectivity index (χ2n) is 5.21. The van der Waals surface area contributed by atoms with Crippen LogP contribution in [0.2, 0.25) is 0 Å². The Kier molecular flexibility index (Phi) is 5.95. The first kappa shape index (κ1) is 19.4. The van der Waals surface area contributed by atoms with Crippen LogP contribution in [0.3, 0.4) is 0 Å². The van der Waals surface area contributed by atoms with Crippen molar-refractivity contribution < 1.29 is 31.8 Å². The molecule has 140 valence electrons. The molecule has 0 aromatic heterocycles. The highest BCUT2D eigenvalue weighted by atomic mass is 32.2. The third kappa shape index (κ3) is 4.80. The summed E-state index contributed by atoms with van der Waals surface area (Å²) in [7, 11) is -3.04. The van der Waals surface area contributed by atoms with Crippen molar-refractivity contribution >= 4 is 33.9 Å². The molecule has 0 radical (unpaired) electrons. The molecule has 1 aromatic carbocycles. The van der Waals surface area contributed by atoms with E-state index in [0.29, 0.717) is 5.56 Å². The van der Waals surface area contributed by atoms with Gasteiger partial charge in [0.1, 0.15) is 17.1 Å². The summed E-state index contributed by atoms with van der Waals surface area (Å²) in [5.74, 6) is -2.68. The van der Waals surface area contributed by atoms with Crippen LogP contribution in [0.1, 0.15) is 22.3 Å². The molecular weight excluding hydrogens is 366 g/mol. The van der Waals surface area contributed by atoms with Gasteiger partial charge in [-0.15, -0.1) is 4.28 Å². The lowest BCUT2D eigenvalue weighted by atomic mass is 10.0. The molecule has 1 aromatic rings. The summed E-state index contributed by atoms with van der Waals surface area (Å²) >= 11 is 0. The minimum absolute atomic E-state index is 0.0746. The highest BCUT2D eigenvalue weighted by Gasteiger charge is 2.24. The number of benzene rings is 1. The number of hydrogen-bond donors (Lipinski definition) is 3. The van der Waals surface area contributed by atoms with Crippen LogP contribution in [0.25, 0.3) is 6.08 Å². The Hall–Kier alpha value is -2.92. The maximum absolute atomic E-state index is 12.3. The van der Waals surface area contributed by atoms with Crippen LogP contribution < -0.4 is 16.0 Å². The van der Waals surface area contributed by atoms with Crippen molar-refractivity contribution in [3.63, 3.8) is 0 Å². The van der Waals surface area contributed by atoms with Gasteiger partial charge in [-0.2, -0.15) is 8.42 Å². The Labute approximate surface area is 149 Å². The van der Waals surface area contributed by atoms with Gasteiger partial charge >= 0.3 is 5.97 Å². The highest BCUT2D eigenvalue weighted by Crippen LogP contribution is 2.30. The number of ether oxygens (including phenoxy) is 2. The Morgan fingerprint density at radius 3 is 2.77 bits per heavy atom. The van der Waals surface area contributed by atoms with Gasteiger partial charge in [0.2, 0.25) is 5.96 Å². The monoisotopic (exact) mass is 383 g/mol. The number of fused-ring (bicyclic) bond motifs is 1. The number of nitrogens with one attached hydrogen (secondary N) is 2. The van der Waals surface area contributed by atoms with Crippen LogP contribution in [0.5, 0.6) is 5.75 Å². The minimum atomic E-state index is -4.28. The van der Waals surface area contributed by atoms with Crippen LogP contribution in [-0.2, 0) is 23.9 Å². The molecule has 0 spiro atoms. The SMILES string of the molecule is COC(=O)c1cccc2c1OCCC(C(=O)CS(=O)(=O)ONC(=N)N)=C2. The Bertz CT molecular complexity index is 877. The van der Waals surface area contributed by atoms with Crippen molar-refractivity contribution in [2.75, 3.05) is 19.5 Å². The molecule has 1 aliphatic rings.